The van der Waals surface area contributed by atoms with Gasteiger partial charge in [0.05, 0.1) is 17.1 Å². The van der Waals surface area contributed by atoms with Gasteiger partial charge in [-0.25, -0.2) is 0 Å². The Labute approximate surface area is 748 Å². The molecule has 2 unspecified atom stereocenters. The molecule has 6 aromatic heterocycles. The minimum Gasteiger partial charge on any atom is -0.456 e. The molecule has 1 aliphatic rings. The molecule has 0 saturated heterocycles. The Morgan fingerprint density at radius 2 is 0.508 bits per heavy atom. The van der Waals surface area contributed by atoms with Crippen molar-refractivity contribution in [1.82, 2.24) is 15.0 Å². The van der Waals surface area contributed by atoms with Crippen LogP contribution in [-0.2, 0) is 10.8 Å². The number of nitrogens with zero attached hydrogens (tertiary/aromatic N) is 3. The van der Waals surface area contributed by atoms with Crippen LogP contribution in [0.15, 0.2) is 384 Å². The van der Waals surface area contributed by atoms with Crippen molar-refractivity contribution in [3.05, 3.63) is 415 Å². The molecule has 2 atom stereocenters. The normalized spacial score (nSPS) is 14.4. The van der Waals surface area contributed by atoms with Gasteiger partial charge in [0.2, 0.25) is 0 Å². The van der Waals surface area contributed by atoms with Gasteiger partial charge in [0.25, 0.3) is 0 Å². The van der Waals surface area contributed by atoms with Gasteiger partial charge in [0.15, 0.2) is 0 Å². The lowest BCUT2D eigenvalue weighted by molar-refractivity contribution is 0.352. The molecule has 0 bridgehead atoms. The second kappa shape index (κ2) is 32.0. The van der Waals surface area contributed by atoms with E-state index < -0.39 is 0 Å². The van der Waals surface area contributed by atoms with E-state index in [4.69, 9.17) is 28.2 Å². The largest absolute Gasteiger partial charge is 0.456 e. The second-order valence-corrected chi connectivity index (χ2v) is 37.4. The molecule has 6 heteroatoms. The maximum Gasteiger partial charge on any atom is 0.136 e. The van der Waals surface area contributed by atoms with E-state index >= 15 is 0 Å². The van der Waals surface area contributed by atoms with Gasteiger partial charge >= 0.3 is 0 Å². The molecule has 0 spiro atoms. The number of para-hydroxylation sites is 3. The topological polar surface area (TPSA) is 78.1 Å². The third-order valence-electron chi connectivity index (χ3n) is 27.3. The molecule has 15 aromatic carbocycles. The van der Waals surface area contributed by atoms with Crippen LogP contribution < -0.4 is 0 Å². The minimum absolute atomic E-state index is 0.0148. The molecule has 0 radical (unpaired) electrons. The number of pyridine rings is 3. The van der Waals surface area contributed by atoms with Gasteiger partial charge in [-0.15, -0.1) is 0 Å². The van der Waals surface area contributed by atoms with Gasteiger partial charge < -0.3 is 13.3 Å². The fourth-order valence-corrected chi connectivity index (χ4v) is 20.8. The van der Waals surface area contributed by atoms with E-state index in [0.29, 0.717) is 0 Å². The van der Waals surface area contributed by atoms with E-state index in [1.165, 1.54) is 55.6 Å². The molecule has 6 nitrogen and oxygen atoms in total. The average molecular weight is 1650 g/mol. The van der Waals surface area contributed by atoms with Gasteiger partial charge in [0.1, 0.15) is 33.5 Å². The van der Waals surface area contributed by atoms with Crippen molar-refractivity contribution in [2.45, 2.75) is 110 Å². The summed E-state index contributed by atoms with van der Waals surface area (Å²) in [5, 5.41) is 6.51. The predicted molar refractivity (Wildman–Crippen MR) is 533 cm³/mol. The monoisotopic (exact) mass is 1650 g/mol. The van der Waals surface area contributed by atoms with Crippen molar-refractivity contribution in [3.8, 4) is 134 Å². The van der Waals surface area contributed by atoms with E-state index in [0.717, 1.165) is 208 Å². The number of hydrogen-bond donors (Lipinski definition) is 0. The highest BCUT2D eigenvalue weighted by Crippen LogP contribution is 2.57. The number of fused-ring (bicyclic) bond motifs is 9. The van der Waals surface area contributed by atoms with E-state index in [1.807, 2.05) is 0 Å². The molecule has 0 aliphatic heterocycles. The van der Waals surface area contributed by atoms with Gasteiger partial charge in [-0.1, -0.05) is 321 Å². The average Bonchev–Trinajstić information content (AvgIpc) is 1.43. The Kier molecular flexibility index (Phi) is 19.8. The summed E-state index contributed by atoms with van der Waals surface area (Å²) in [6.07, 6.45) is 8.77. The number of aromatic nitrogens is 3. The third kappa shape index (κ3) is 14.3. The van der Waals surface area contributed by atoms with Gasteiger partial charge in [-0.2, -0.15) is 0 Å². The minimum atomic E-state index is -0.210. The molecule has 21 aromatic rings. The molecular formula is C122H97N3O3. The zero-order valence-corrected chi connectivity index (χ0v) is 73.6. The summed E-state index contributed by atoms with van der Waals surface area (Å²) >= 11 is 0. The Balaban J connectivity index is 0.777. The smallest absolute Gasteiger partial charge is 0.136 e. The van der Waals surface area contributed by atoms with Crippen LogP contribution in [-0.4, -0.2) is 15.0 Å². The lowest BCUT2D eigenvalue weighted by Gasteiger charge is -2.39. The van der Waals surface area contributed by atoms with Crippen molar-refractivity contribution in [3.63, 3.8) is 0 Å². The van der Waals surface area contributed by atoms with Gasteiger partial charge in [-0.3, -0.25) is 15.0 Å². The molecule has 6 heterocycles. The first-order valence-corrected chi connectivity index (χ1v) is 45.0. The lowest BCUT2D eigenvalue weighted by atomic mass is 9.65. The Morgan fingerprint density at radius 1 is 0.219 bits per heavy atom. The van der Waals surface area contributed by atoms with Crippen LogP contribution in [0, 0.1) is 20.8 Å². The molecule has 0 N–H and O–H groups in total. The molecule has 1 fully saturated rings. The number of aryl methyl sites for hydroxylation is 3. The van der Waals surface area contributed by atoms with Crippen molar-refractivity contribution < 1.29 is 13.3 Å². The zero-order chi connectivity index (χ0) is 86.6. The van der Waals surface area contributed by atoms with Crippen LogP contribution in [0.4, 0.5) is 0 Å². The zero-order valence-electron chi connectivity index (χ0n) is 73.6. The quantitative estimate of drug-likeness (QED) is 0.102. The molecular weight excluding hydrogens is 1560 g/mol. The molecule has 618 valence electrons. The predicted octanol–water partition coefficient (Wildman–Crippen LogP) is 33.9. The van der Waals surface area contributed by atoms with Gasteiger partial charge in [-0.05, 0) is 269 Å². The van der Waals surface area contributed by atoms with E-state index in [2.05, 4.69) is 433 Å². The maximum atomic E-state index is 6.84. The summed E-state index contributed by atoms with van der Waals surface area (Å²) in [7, 11) is 0. The summed E-state index contributed by atoms with van der Waals surface area (Å²) in [5.74, 6) is 0.0531. The van der Waals surface area contributed by atoms with E-state index in [1.54, 1.807) is 0 Å². The Bertz CT molecular complexity index is 7600. The summed E-state index contributed by atoms with van der Waals surface area (Å²) in [5.41, 5.74) is 41.2. The molecule has 128 heavy (non-hydrogen) atoms. The highest BCUT2D eigenvalue weighted by atomic mass is 16.3. The van der Waals surface area contributed by atoms with E-state index in [9.17, 15) is 0 Å². The number of benzene rings is 15. The van der Waals surface area contributed by atoms with Crippen LogP contribution >= 0.6 is 0 Å². The number of hydrogen-bond acceptors (Lipinski definition) is 6. The SMILES string of the molecule is Cc1cc(-c2ccc(-c3ccccc3C3CC(c4ccc(C(C)(C)C)cc4-c4ccc(-c5cc(C)c(-c6ccccc6)cn5)cc4-c4cccc5oc6ccccc6c45)CC(c4ccc(C(C)(C)C)cc4-c4ccc(-c5cc(C)c(-c6ccccc6)cn5)cc4-c4cccc5oc6ccccc6c45)C3)c(-c3cccc4oc5ccccc5c34)c2)ncc1-c1ccccc1. The standard InChI is InChI=1S/C122H97N3O3/c1-74-60-109(123-71-106(74)77-30-13-10-14-31-77)80-50-55-92(101(66-80)95-41-27-47-115-118(95)98-38-21-24-44-112(98)126-115)91-37-20-19-36-88(91)83-63-84(89-58-53-86(121(4,5)6)69-104(89)93-56-51-81(110-61-75(2)107(72-124-110)78-32-15-11-16-33-78)67-102(93)96-42-28-48-116-119(96)99-39-22-25-45-113(99)127-116)65-85(64-83)90-59-54-87(122(7,8)9)70-105(90)94-57-52-82(111-62-76(3)108(73-125-111)79-34-17-12-18-35-79)68-103(94)97-43-29-49-117-120(97)100-40-23-26-46-114(100)128-117/h10-62,66-73,83-85H,63-65H2,1-9H3. The van der Waals surface area contributed by atoms with Gasteiger partial charge in [0, 0.05) is 84.3 Å². The number of furan rings is 3. The van der Waals surface area contributed by atoms with Crippen molar-refractivity contribution in [2.75, 3.05) is 0 Å². The maximum absolute atomic E-state index is 6.84. The number of rotatable bonds is 15. The first kappa shape index (κ1) is 79.1. The molecule has 1 saturated carbocycles. The van der Waals surface area contributed by atoms with Crippen molar-refractivity contribution in [1.29, 1.82) is 0 Å². The summed E-state index contributed by atoms with van der Waals surface area (Å²) in [6, 6.07) is 130. The highest BCUT2D eigenvalue weighted by Gasteiger charge is 2.38. The lowest BCUT2D eigenvalue weighted by Crippen LogP contribution is -2.22. The fraction of sp³-hybridized carbons (Fsp3) is 0.139. The summed E-state index contributed by atoms with van der Waals surface area (Å²) in [4.78, 5) is 16.0. The molecule has 22 rings (SSSR count). The Morgan fingerprint density at radius 3 is 0.844 bits per heavy atom. The van der Waals surface area contributed by atoms with Crippen LogP contribution in [0.2, 0.25) is 0 Å². The summed E-state index contributed by atoms with van der Waals surface area (Å²) < 4.78 is 20.5. The van der Waals surface area contributed by atoms with Crippen LogP contribution in [0.1, 0.15) is 123 Å². The molecule has 1 aliphatic carbocycles. The summed E-state index contributed by atoms with van der Waals surface area (Å²) in [6.45, 7) is 20.8. The van der Waals surface area contributed by atoms with Crippen LogP contribution in [0.3, 0.4) is 0 Å². The first-order valence-electron chi connectivity index (χ1n) is 45.0. The third-order valence-corrected chi connectivity index (χ3v) is 27.3. The van der Waals surface area contributed by atoms with E-state index in [-0.39, 0.29) is 28.6 Å². The molecule has 0 amide bonds. The van der Waals surface area contributed by atoms with Crippen molar-refractivity contribution in [2.24, 2.45) is 0 Å². The van der Waals surface area contributed by atoms with Crippen LogP contribution in [0.25, 0.3) is 200 Å². The Hall–Kier alpha value is -14.9. The van der Waals surface area contributed by atoms with Crippen molar-refractivity contribution >= 4 is 65.8 Å². The fourth-order valence-electron chi connectivity index (χ4n) is 20.8. The first-order chi connectivity index (χ1) is 62.4. The second-order valence-electron chi connectivity index (χ2n) is 37.4. The van der Waals surface area contributed by atoms with Crippen LogP contribution in [0.5, 0.6) is 0 Å². The highest BCUT2D eigenvalue weighted by molar-refractivity contribution is 6.17.